The number of guanidine groups is 2. The van der Waals surface area contributed by atoms with E-state index >= 15 is 0 Å². The van der Waals surface area contributed by atoms with Crippen LogP contribution in [0.2, 0.25) is 0 Å². The highest BCUT2D eigenvalue weighted by Crippen LogP contribution is 2.05. The maximum Gasteiger partial charge on any atom is 0.236 e. The van der Waals surface area contributed by atoms with Crippen LogP contribution in [-0.4, -0.2) is 161 Å². The molecule has 0 aliphatic rings. The van der Waals surface area contributed by atoms with Crippen LogP contribution in [0.4, 0.5) is 0 Å². The van der Waals surface area contributed by atoms with Gasteiger partial charge in [-0.25, -0.2) is 0 Å². The van der Waals surface area contributed by atoms with E-state index in [4.69, 9.17) is 56.7 Å². The van der Waals surface area contributed by atoms with Gasteiger partial charge in [-0.2, -0.15) is 0 Å². The maximum absolute atomic E-state index is 12.5. The molecule has 6 atom stereocenters. The lowest BCUT2D eigenvalue weighted by molar-refractivity contribution is -0.123. The number of hydrogen-bond acceptors (Lipinski definition) is 15. The molecule has 0 aromatic rings. The highest BCUT2D eigenvalue weighted by atomic mass is 16.2. The van der Waals surface area contributed by atoms with Crippen LogP contribution in [0.1, 0.15) is 135 Å². The molecule has 0 fully saturated rings. The lowest BCUT2D eigenvalue weighted by Gasteiger charge is -2.21. The maximum atomic E-state index is 12.5. The van der Waals surface area contributed by atoms with Crippen LogP contribution in [0.25, 0.3) is 0 Å². The number of hydrogen-bond donors (Lipinski definition) is 18. The third-order valence-corrected chi connectivity index (χ3v) is 11.8. The highest BCUT2D eigenvalue weighted by molar-refractivity contribution is 5.83. The molecule has 0 bridgehead atoms. The van der Waals surface area contributed by atoms with Gasteiger partial charge in [-0.1, -0.05) is 6.92 Å². The number of rotatable bonds is 45. The molecule has 0 aliphatic heterocycles. The van der Waals surface area contributed by atoms with Crippen LogP contribution in [0.15, 0.2) is 0 Å². The van der Waals surface area contributed by atoms with Gasteiger partial charge >= 0.3 is 0 Å². The van der Waals surface area contributed by atoms with E-state index in [2.05, 4.69) is 54.4 Å². The molecule has 26 N–H and O–H groups in total. The van der Waals surface area contributed by atoms with Gasteiger partial charge in [0.1, 0.15) is 0 Å². The van der Waals surface area contributed by atoms with E-state index in [9.17, 15) is 28.8 Å². The highest BCUT2D eigenvalue weighted by Gasteiger charge is 2.18. The zero-order chi connectivity index (χ0) is 53.2. The van der Waals surface area contributed by atoms with Crippen molar-refractivity contribution in [3.63, 3.8) is 0 Å². The van der Waals surface area contributed by atoms with Gasteiger partial charge in [0.25, 0.3) is 0 Å². The first kappa shape index (κ1) is 66.1. The Kier molecular flexibility index (Phi) is 39.8. The fraction of sp³-hybridized carbons (Fsp3) is 0.826. The van der Waals surface area contributed by atoms with E-state index < -0.39 is 36.3 Å². The van der Waals surface area contributed by atoms with Gasteiger partial charge < -0.3 is 93.3 Å². The molecule has 6 amide bonds. The van der Waals surface area contributed by atoms with Crippen LogP contribution in [0.3, 0.4) is 0 Å². The van der Waals surface area contributed by atoms with Gasteiger partial charge in [0.2, 0.25) is 35.4 Å². The lowest BCUT2D eigenvalue weighted by Crippen LogP contribution is -2.42. The van der Waals surface area contributed by atoms with E-state index in [-0.39, 0.29) is 47.4 Å². The van der Waals surface area contributed by atoms with Crippen molar-refractivity contribution in [2.24, 2.45) is 45.9 Å². The molecule has 0 heterocycles. The summed E-state index contributed by atoms with van der Waals surface area (Å²) in [6, 6.07) is -3.80. The van der Waals surface area contributed by atoms with Crippen molar-refractivity contribution in [3.05, 3.63) is 0 Å². The number of carbonyl (C=O) groups excluding carboxylic acids is 6. The number of nitrogens with zero attached hydrogens (tertiary/aromatic N) is 1. The number of nitrogens with two attached hydrogens (primary N) is 8. The average molecular weight is 1010 g/mol. The van der Waals surface area contributed by atoms with E-state index in [0.717, 1.165) is 58.2 Å². The minimum Gasteiger partial charge on any atom is -0.370 e. The van der Waals surface area contributed by atoms with Gasteiger partial charge in [-0.05, 0) is 148 Å². The van der Waals surface area contributed by atoms with E-state index in [1.165, 1.54) is 0 Å². The molecule has 0 unspecified atom stereocenters. The summed E-state index contributed by atoms with van der Waals surface area (Å²) in [5.74, 6) is -1.49. The predicted octanol–water partition coefficient (Wildman–Crippen LogP) is -3.26. The van der Waals surface area contributed by atoms with Crippen molar-refractivity contribution < 1.29 is 28.8 Å². The predicted molar refractivity (Wildman–Crippen MR) is 280 cm³/mol. The Hall–Kier alpha value is -4.92. The molecule has 71 heavy (non-hydrogen) atoms. The molecule has 0 radical (unpaired) electrons. The molecule has 0 aliphatic carbocycles. The van der Waals surface area contributed by atoms with Crippen LogP contribution in [0, 0.1) is 10.8 Å². The molecular weight excluding hydrogens is 915 g/mol. The second kappa shape index (κ2) is 42.7. The van der Waals surface area contributed by atoms with Crippen LogP contribution >= 0.6 is 0 Å². The molecule has 25 nitrogen and oxygen atoms in total. The Balaban J connectivity index is 3.95. The first-order valence-electron chi connectivity index (χ1n) is 26.0. The minimum atomic E-state index is -0.654. The summed E-state index contributed by atoms with van der Waals surface area (Å²) in [4.78, 5) is 76.5. The van der Waals surface area contributed by atoms with Crippen molar-refractivity contribution in [1.29, 1.82) is 10.8 Å². The number of carbonyl (C=O) groups is 6. The zero-order valence-electron chi connectivity index (χ0n) is 42.9. The molecule has 0 saturated heterocycles. The van der Waals surface area contributed by atoms with Gasteiger partial charge in [-0.15, -0.1) is 0 Å². The normalized spacial score (nSPS) is 13.7. The Bertz CT molecular complexity index is 1410. The van der Waals surface area contributed by atoms with Crippen molar-refractivity contribution in [2.75, 3.05) is 72.0 Å². The summed E-state index contributed by atoms with van der Waals surface area (Å²) in [7, 11) is 0. The second-order valence-corrected chi connectivity index (χ2v) is 18.2. The van der Waals surface area contributed by atoms with Gasteiger partial charge in [0.15, 0.2) is 11.9 Å². The van der Waals surface area contributed by atoms with Gasteiger partial charge in [0, 0.05) is 52.4 Å². The summed E-state index contributed by atoms with van der Waals surface area (Å²) >= 11 is 0. The number of amides is 6. The Labute approximate surface area is 422 Å². The standard InChI is InChI=1S/C46H97N19O6/c1-2-65(31-15-29-61-43(70)37(51)19-5-11-25-57-39(66)33(47)17-3-9-23-59-41(68)35(49)21-7-13-27-63-45(53)54)32-16-30-62-44(71)38(52)20-6-12-26-58-40(67)34(48)18-4-10-24-60-42(69)36(50)22-8-14-28-64-46(55)56/h33-38H,2-32,47-52H2,1H3,(H,57,66)(H,58,67)(H,59,68)(H,60,69)(H,61,70)(H,62,71)(H4,53,54,63)(H4,55,56,64)/t33-,34-,35-,36-,37-,38-/m0/s1. The topological polar surface area (TPSA) is 458 Å². The smallest absolute Gasteiger partial charge is 0.236 e. The molecule has 0 aromatic heterocycles. The van der Waals surface area contributed by atoms with Gasteiger partial charge in [-0.3, -0.25) is 39.6 Å². The summed E-state index contributed by atoms with van der Waals surface area (Å²) < 4.78 is 0. The summed E-state index contributed by atoms with van der Waals surface area (Å²) in [5.41, 5.74) is 46.7. The third kappa shape index (κ3) is 37.5. The fourth-order valence-electron chi connectivity index (χ4n) is 7.26. The second-order valence-electron chi connectivity index (χ2n) is 18.2. The van der Waals surface area contributed by atoms with Crippen molar-refractivity contribution in [1.82, 2.24) is 47.4 Å². The monoisotopic (exact) mass is 1010 g/mol. The molecule has 25 heteroatoms. The van der Waals surface area contributed by atoms with Crippen molar-refractivity contribution in [3.8, 4) is 0 Å². The van der Waals surface area contributed by atoms with E-state index in [1.807, 2.05) is 0 Å². The SMILES string of the molecule is CCN(CCCNC(=O)[C@@H](N)CCCCNC(=O)[C@@H](N)CCCCNC(=O)[C@@H](N)CCCCNC(=N)N)CCCNC(=O)[C@@H](N)CCCCNC(=O)[C@@H](N)CCCCNC(=O)[C@@H](N)CCCCNC(=N)N. The van der Waals surface area contributed by atoms with Crippen LogP contribution in [-0.2, 0) is 28.8 Å². The minimum absolute atomic E-state index is 0.0818. The molecule has 0 rings (SSSR count). The third-order valence-electron chi connectivity index (χ3n) is 11.8. The largest absolute Gasteiger partial charge is 0.370 e. The lowest BCUT2D eigenvalue weighted by atomic mass is 10.1. The van der Waals surface area contributed by atoms with E-state index in [0.29, 0.717) is 142 Å². The van der Waals surface area contributed by atoms with Crippen LogP contribution < -0.4 is 88.4 Å². The summed E-state index contributed by atoms with van der Waals surface area (Å²) in [5, 5.41) is 36.8. The van der Waals surface area contributed by atoms with Crippen molar-refractivity contribution in [2.45, 2.75) is 172 Å². The Morgan fingerprint density at radius 1 is 0.338 bits per heavy atom. The summed E-state index contributed by atoms with van der Waals surface area (Å²) in [6.45, 7) is 8.31. The number of nitrogens with one attached hydrogen (secondary N) is 10. The Morgan fingerprint density at radius 2 is 0.521 bits per heavy atom. The Morgan fingerprint density at radius 3 is 0.704 bits per heavy atom. The average Bonchev–Trinajstić information content (AvgIpc) is 3.33. The van der Waals surface area contributed by atoms with Crippen molar-refractivity contribution >= 4 is 47.4 Å². The molecule has 412 valence electrons. The summed E-state index contributed by atoms with van der Waals surface area (Å²) in [6.07, 6.45) is 12.8. The molecule has 0 saturated carbocycles. The number of unbranched alkanes of at least 4 members (excludes halogenated alkanes) is 6. The fourth-order valence-corrected chi connectivity index (χ4v) is 7.26. The van der Waals surface area contributed by atoms with Gasteiger partial charge in [0.05, 0.1) is 36.3 Å². The quantitative estimate of drug-likeness (QED) is 0.0162. The first-order valence-corrected chi connectivity index (χ1v) is 26.0. The molecule has 0 spiro atoms. The zero-order valence-corrected chi connectivity index (χ0v) is 42.9. The molecule has 0 aromatic carbocycles. The van der Waals surface area contributed by atoms with E-state index in [1.54, 1.807) is 0 Å². The first-order chi connectivity index (χ1) is 33.9. The molecular formula is C46H97N19O6. The van der Waals surface area contributed by atoms with Crippen LogP contribution in [0.5, 0.6) is 0 Å².